The van der Waals surface area contributed by atoms with Gasteiger partial charge in [-0.25, -0.2) is 22.5 Å². The smallest absolute Gasteiger partial charge is 0.490 e. The Kier molecular flexibility index (Phi) is 10.9. The maximum absolute atomic E-state index is 14.4. The molecule has 0 spiro atoms. The molecule has 0 bridgehead atoms. The van der Waals surface area contributed by atoms with E-state index in [2.05, 4.69) is 15.6 Å². The van der Waals surface area contributed by atoms with Gasteiger partial charge in [-0.2, -0.15) is 13.2 Å². The molecule has 1 atom stereocenters. The second kappa shape index (κ2) is 14.6. The summed E-state index contributed by atoms with van der Waals surface area (Å²) in [7, 11) is -1.34. The molecule has 1 aromatic heterocycles. The Morgan fingerprint density at radius 1 is 1.00 bits per heavy atom. The number of ether oxygens (including phenoxy) is 3. The van der Waals surface area contributed by atoms with Gasteiger partial charge in [-0.05, 0) is 80.3 Å². The van der Waals surface area contributed by atoms with E-state index in [1.807, 2.05) is 0 Å². The van der Waals surface area contributed by atoms with E-state index in [4.69, 9.17) is 19.9 Å². The fraction of sp³-hybridized carbons (Fsp3) is 0.303. The molecule has 49 heavy (non-hydrogen) atoms. The summed E-state index contributed by atoms with van der Waals surface area (Å²) >= 11 is 0. The van der Waals surface area contributed by atoms with Crippen molar-refractivity contribution in [3.63, 3.8) is 0 Å². The molecular weight excluding hydrogens is 667 g/mol. The number of rotatable bonds is 13. The fourth-order valence-corrected chi connectivity index (χ4v) is 5.93. The Balaban J connectivity index is 1.93. The molecule has 1 amide bonds. The largest absolute Gasteiger partial charge is 0.491 e. The van der Waals surface area contributed by atoms with Crippen molar-refractivity contribution in [2.24, 2.45) is 0 Å². The molecule has 4 rings (SSSR count). The lowest BCUT2D eigenvalue weighted by Gasteiger charge is -2.35. The van der Waals surface area contributed by atoms with E-state index in [1.165, 1.54) is 81.0 Å². The van der Waals surface area contributed by atoms with Crippen LogP contribution in [0.2, 0.25) is 0 Å². The highest BCUT2D eigenvalue weighted by molar-refractivity contribution is 7.89. The number of anilines is 2. The van der Waals surface area contributed by atoms with Crippen LogP contribution < -0.4 is 25.8 Å². The number of carbonyl (C=O) groups is 2. The first-order valence-corrected chi connectivity index (χ1v) is 16.4. The first kappa shape index (κ1) is 36.7. The second-order valence-corrected chi connectivity index (χ2v) is 13.3. The summed E-state index contributed by atoms with van der Waals surface area (Å²) in [4.78, 5) is 30.9. The number of sulfonamides is 1. The number of nitrogens with one attached hydrogen (secondary N) is 2. The van der Waals surface area contributed by atoms with Crippen molar-refractivity contribution in [2.75, 3.05) is 31.8 Å². The van der Waals surface area contributed by atoms with E-state index in [9.17, 15) is 31.2 Å². The van der Waals surface area contributed by atoms with Crippen LogP contribution in [-0.2, 0) is 36.6 Å². The number of nitrogens with two attached hydrogens (primary N) is 1. The molecule has 0 fully saturated rings. The van der Waals surface area contributed by atoms with Crippen LogP contribution in [0.15, 0.2) is 77.8 Å². The first-order chi connectivity index (χ1) is 23.0. The number of halogens is 3. The van der Waals surface area contributed by atoms with Crippen molar-refractivity contribution in [3.8, 4) is 11.5 Å². The molecule has 0 aliphatic heterocycles. The van der Waals surface area contributed by atoms with Gasteiger partial charge in [0.1, 0.15) is 5.82 Å². The zero-order chi connectivity index (χ0) is 36.1. The summed E-state index contributed by atoms with van der Waals surface area (Å²) < 4.78 is 85.3. The van der Waals surface area contributed by atoms with E-state index in [0.29, 0.717) is 10.8 Å². The van der Waals surface area contributed by atoms with Crippen LogP contribution >= 0.6 is 0 Å². The summed E-state index contributed by atoms with van der Waals surface area (Å²) in [6, 6.07) is 15.6. The van der Waals surface area contributed by atoms with Crippen LogP contribution in [0.25, 0.3) is 10.8 Å². The minimum absolute atomic E-state index is 0.0514. The SMILES string of the molecule is CCOc1cc(C(Nc2ccc3c(N)nccc3c2)(OC(=O)C(F)(F)F)C(=O)NCc2ccccc2S(=O)(=O)N(C)C)ccc1OC(C)C. The number of hydrogen-bond donors (Lipinski definition) is 3. The third kappa shape index (κ3) is 8.14. The van der Waals surface area contributed by atoms with E-state index in [0.717, 1.165) is 4.31 Å². The molecule has 4 N–H and O–H groups in total. The van der Waals surface area contributed by atoms with E-state index >= 15 is 0 Å². The van der Waals surface area contributed by atoms with Crippen molar-refractivity contribution in [1.29, 1.82) is 0 Å². The molecule has 1 heterocycles. The Hall–Kier alpha value is -5.09. The number of hydrogen-bond acceptors (Lipinski definition) is 10. The number of nitrogen functional groups attached to an aromatic ring is 1. The van der Waals surface area contributed by atoms with Gasteiger partial charge in [-0.1, -0.05) is 18.2 Å². The summed E-state index contributed by atoms with van der Waals surface area (Å²) in [5.74, 6) is -3.49. The van der Waals surface area contributed by atoms with Gasteiger partial charge < -0.3 is 30.6 Å². The minimum atomic E-state index is -5.52. The Morgan fingerprint density at radius 2 is 1.71 bits per heavy atom. The molecule has 262 valence electrons. The number of fused-ring (bicyclic) bond motifs is 1. The molecule has 0 saturated heterocycles. The van der Waals surface area contributed by atoms with E-state index < -0.39 is 40.3 Å². The van der Waals surface area contributed by atoms with Crippen LogP contribution in [0.4, 0.5) is 24.7 Å². The molecule has 16 heteroatoms. The summed E-state index contributed by atoms with van der Waals surface area (Å²) in [5.41, 5.74) is 2.97. The quantitative estimate of drug-likeness (QED) is 0.129. The van der Waals surface area contributed by atoms with Crippen LogP contribution in [0.5, 0.6) is 11.5 Å². The van der Waals surface area contributed by atoms with Gasteiger partial charge in [0.15, 0.2) is 11.5 Å². The molecule has 0 saturated carbocycles. The van der Waals surface area contributed by atoms with Crippen LogP contribution in [-0.4, -0.2) is 62.6 Å². The number of benzene rings is 3. The number of pyridine rings is 1. The van der Waals surface area contributed by atoms with Gasteiger partial charge in [0, 0.05) is 43.5 Å². The zero-order valence-corrected chi connectivity index (χ0v) is 28.1. The first-order valence-electron chi connectivity index (χ1n) is 14.9. The Bertz CT molecular complexity index is 1950. The maximum atomic E-state index is 14.4. The summed E-state index contributed by atoms with van der Waals surface area (Å²) in [5, 5.41) is 6.22. The number of esters is 1. The van der Waals surface area contributed by atoms with Crippen LogP contribution in [0.1, 0.15) is 31.9 Å². The predicted octanol–water partition coefficient (Wildman–Crippen LogP) is 4.94. The maximum Gasteiger partial charge on any atom is 0.491 e. The normalized spacial score (nSPS) is 13.2. The average Bonchev–Trinajstić information content (AvgIpc) is 3.03. The summed E-state index contributed by atoms with van der Waals surface area (Å²) in [6.45, 7) is 4.81. The molecular formula is C33H36F3N5O7S. The second-order valence-electron chi connectivity index (χ2n) is 11.2. The Morgan fingerprint density at radius 3 is 2.37 bits per heavy atom. The lowest BCUT2D eigenvalue weighted by atomic mass is 9.99. The number of amides is 1. The van der Waals surface area contributed by atoms with E-state index in [1.54, 1.807) is 26.8 Å². The fourth-order valence-electron chi connectivity index (χ4n) is 4.81. The highest BCUT2D eigenvalue weighted by Gasteiger charge is 2.52. The monoisotopic (exact) mass is 703 g/mol. The predicted molar refractivity (Wildman–Crippen MR) is 176 cm³/mol. The van der Waals surface area contributed by atoms with Crippen molar-refractivity contribution in [3.05, 3.63) is 84.1 Å². The molecule has 12 nitrogen and oxygen atoms in total. The van der Waals surface area contributed by atoms with Crippen molar-refractivity contribution >= 4 is 44.2 Å². The van der Waals surface area contributed by atoms with Gasteiger partial charge in [-0.15, -0.1) is 0 Å². The molecule has 3 aromatic carbocycles. The average molecular weight is 704 g/mol. The molecule has 0 aliphatic rings. The number of alkyl halides is 3. The van der Waals surface area contributed by atoms with E-state index in [-0.39, 0.29) is 51.7 Å². The lowest BCUT2D eigenvalue weighted by Crippen LogP contribution is -2.54. The van der Waals surface area contributed by atoms with Crippen LogP contribution in [0.3, 0.4) is 0 Å². The van der Waals surface area contributed by atoms with Crippen LogP contribution in [0, 0.1) is 0 Å². The van der Waals surface area contributed by atoms with Crippen molar-refractivity contribution in [1.82, 2.24) is 14.6 Å². The standard InChI is InChI=1S/C33H36F3N5O7S/c1-6-46-27-18-23(11-14-26(27)47-20(2)3)32(48-31(43)33(34,35)36,40-24-12-13-25-21(17-24)15-16-38-29(25)37)30(42)39-19-22-9-7-8-10-28(22)49(44,45)41(4)5/h7-18,20,40H,6,19H2,1-5H3,(H2,37,38)(H,39,42). The van der Waals surface area contributed by atoms with Crippen molar-refractivity contribution < 1.29 is 45.4 Å². The molecule has 4 aromatic rings. The number of carbonyl (C=O) groups excluding carboxylic acids is 2. The van der Waals surface area contributed by atoms with Gasteiger partial charge in [0.2, 0.25) is 10.0 Å². The van der Waals surface area contributed by atoms with Gasteiger partial charge in [-0.3, -0.25) is 4.79 Å². The third-order valence-corrected chi connectivity index (χ3v) is 9.01. The number of nitrogens with zero attached hydrogens (tertiary/aromatic N) is 2. The Labute approximate surface area is 281 Å². The highest BCUT2D eigenvalue weighted by atomic mass is 32.2. The third-order valence-electron chi connectivity index (χ3n) is 7.10. The molecule has 1 unspecified atom stereocenters. The summed E-state index contributed by atoms with van der Waals surface area (Å²) in [6.07, 6.45) is -4.42. The van der Waals surface area contributed by atoms with Crippen molar-refractivity contribution in [2.45, 2.75) is 50.2 Å². The highest BCUT2D eigenvalue weighted by Crippen LogP contribution is 2.38. The number of aromatic nitrogens is 1. The lowest BCUT2D eigenvalue weighted by molar-refractivity contribution is -0.213. The van der Waals surface area contributed by atoms with Gasteiger partial charge >= 0.3 is 12.1 Å². The topological polar surface area (TPSA) is 162 Å². The molecule has 0 radical (unpaired) electrons. The van der Waals surface area contributed by atoms with Gasteiger partial charge in [0.05, 0.1) is 17.6 Å². The molecule has 0 aliphatic carbocycles. The van der Waals surface area contributed by atoms with Gasteiger partial charge in [0.25, 0.3) is 11.6 Å². The zero-order valence-electron chi connectivity index (χ0n) is 27.3. The minimum Gasteiger partial charge on any atom is -0.490 e.